The number of imide groups is 1. The van der Waals surface area contributed by atoms with Crippen LogP contribution in [0.5, 0.6) is 0 Å². The third-order valence-corrected chi connectivity index (χ3v) is 4.32. The van der Waals surface area contributed by atoms with E-state index in [2.05, 4.69) is 11.9 Å². The molecule has 1 aliphatic rings. The van der Waals surface area contributed by atoms with Crippen LogP contribution in [0.25, 0.3) is 5.57 Å². The van der Waals surface area contributed by atoms with E-state index in [-0.39, 0.29) is 23.5 Å². The van der Waals surface area contributed by atoms with Crippen LogP contribution in [-0.4, -0.2) is 23.3 Å². The van der Waals surface area contributed by atoms with E-state index < -0.39 is 23.6 Å². The van der Waals surface area contributed by atoms with Crippen LogP contribution in [0, 0.1) is 0 Å². The van der Waals surface area contributed by atoms with E-state index in [9.17, 15) is 22.8 Å². The maximum Gasteiger partial charge on any atom is 0.416 e. The third kappa shape index (κ3) is 3.80. The number of anilines is 1. The predicted molar refractivity (Wildman–Crippen MR) is 100 cm³/mol. The summed E-state index contributed by atoms with van der Waals surface area (Å²) in [5.74, 6) is -1.21. The molecule has 1 heterocycles. The third-order valence-electron chi connectivity index (χ3n) is 4.07. The molecule has 28 heavy (non-hydrogen) atoms. The molecule has 2 aromatic rings. The monoisotopic (exact) mass is 406 g/mol. The SMILES string of the molecule is C=CCN1C(=O)C(Nc2cccc(C(F)(F)F)c2)=C(c2ccc(Cl)cc2)C1=O. The Balaban J connectivity index is 2.07. The first kappa shape index (κ1) is 19.7. The Hall–Kier alpha value is -3.06. The number of carbonyl (C=O) groups excluding carboxylic acids is 2. The van der Waals surface area contributed by atoms with Crippen LogP contribution in [0.1, 0.15) is 11.1 Å². The Morgan fingerprint density at radius 2 is 1.75 bits per heavy atom. The lowest BCUT2D eigenvalue weighted by atomic mass is 10.0. The summed E-state index contributed by atoms with van der Waals surface area (Å²) in [6.45, 7) is 3.50. The summed E-state index contributed by atoms with van der Waals surface area (Å²) in [5.41, 5.74) is -0.457. The summed E-state index contributed by atoms with van der Waals surface area (Å²) in [4.78, 5) is 26.5. The molecule has 1 N–H and O–H groups in total. The fourth-order valence-corrected chi connectivity index (χ4v) is 2.91. The van der Waals surface area contributed by atoms with Crippen LogP contribution in [-0.2, 0) is 15.8 Å². The Bertz CT molecular complexity index is 982. The molecule has 0 saturated carbocycles. The number of carbonyl (C=O) groups is 2. The highest BCUT2D eigenvalue weighted by atomic mass is 35.5. The highest BCUT2D eigenvalue weighted by molar-refractivity contribution is 6.37. The minimum atomic E-state index is -4.53. The molecule has 4 nitrogen and oxygen atoms in total. The molecular weight excluding hydrogens is 393 g/mol. The van der Waals surface area contributed by atoms with Gasteiger partial charge in [0.1, 0.15) is 5.70 Å². The van der Waals surface area contributed by atoms with Crippen LogP contribution in [0.3, 0.4) is 0 Å². The van der Waals surface area contributed by atoms with Gasteiger partial charge in [0.25, 0.3) is 11.8 Å². The fraction of sp³-hybridized carbons (Fsp3) is 0.100. The molecule has 0 aliphatic carbocycles. The van der Waals surface area contributed by atoms with Crippen molar-refractivity contribution in [3.05, 3.63) is 83.0 Å². The zero-order valence-electron chi connectivity index (χ0n) is 14.4. The van der Waals surface area contributed by atoms with Gasteiger partial charge in [0.05, 0.1) is 11.1 Å². The van der Waals surface area contributed by atoms with E-state index >= 15 is 0 Å². The van der Waals surface area contributed by atoms with Crippen molar-refractivity contribution >= 4 is 34.7 Å². The standard InChI is InChI=1S/C20H14ClF3N2O2/c1-2-10-26-18(27)16(12-6-8-14(21)9-7-12)17(19(26)28)25-15-5-3-4-13(11-15)20(22,23)24/h2-9,11,25H,1,10H2. The minimum absolute atomic E-state index is 0.0253. The van der Waals surface area contributed by atoms with Crippen molar-refractivity contribution in [1.82, 2.24) is 4.90 Å². The molecule has 144 valence electrons. The van der Waals surface area contributed by atoms with Crippen molar-refractivity contribution in [3.63, 3.8) is 0 Å². The number of benzene rings is 2. The molecule has 0 fully saturated rings. The Morgan fingerprint density at radius 1 is 1.07 bits per heavy atom. The predicted octanol–water partition coefficient (Wildman–Crippen LogP) is 4.74. The van der Waals surface area contributed by atoms with E-state index in [0.29, 0.717) is 10.6 Å². The highest BCUT2D eigenvalue weighted by Crippen LogP contribution is 2.34. The van der Waals surface area contributed by atoms with Gasteiger partial charge in [0.15, 0.2) is 0 Å². The van der Waals surface area contributed by atoms with Gasteiger partial charge in [-0.3, -0.25) is 14.5 Å². The first-order valence-electron chi connectivity index (χ1n) is 8.14. The van der Waals surface area contributed by atoms with Crippen molar-refractivity contribution in [2.75, 3.05) is 11.9 Å². The topological polar surface area (TPSA) is 49.4 Å². The number of halogens is 4. The van der Waals surface area contributed by atoms with Gasteiger partial charge in [-0.15, -0.1) is 6.58 Å². The number of hydrogen-bond donors (Lipinski definition) is 1. The molecule has 0 atom stereocenters. The van der Waals surface area contributed by atoms with Gasteiger partial charge in [0, 0.05) is 17.3 Å². The number of rotatable bonds is 5. The van der Waals surface area contributed by atoms with Crippen LogP contribution < -0.4 is 5.32 Å². The largest absolute Gasteiger partial charge is 0.416 e. The summed E-state index contributed by atoms with van der Waals surface area (Å²) in [5, 5.41) is 3.13. The second-order valence-corrected chi connectivity index (χ2v) is 6.41. The first-order valence-corrected chi connectivity index (χ1v) is 8.51. The van der Waals surface area contributed by atoms with Gasteiger partial charge in [-0.1, -0.05) is 35.9 Å². The fourth-order valence-electron chi connectivity index (χ4n) is 2.79. The maximum atomic E-state index is 13.0. The molecule has 1 aliphatic heterocycles. The first-order chi connectivity index (χ1) is 13.2. The average molecular weight is 407 g/mol. The lowest BCUT2D eigenvalue weighted by molar-refractivity contribution is -0.138. The van der Waals surface area contributed by atoms with Crippen molar-refractivity contribution in [2.24, 2.45) is 0 Å². The van der Waals surface area contributed by atoms with Gasteiger partial charge in [-0.05, 0) is 35.9 Å². The van der Waals surface area contributed by atoms with Crippen LogP contribution >= 0.6 is 11.6 Å². The Morgan fingerprint density at radius 3 is 2.36 bits per heavy atom. The van der Waals surface area contributed by atoms with Crippen molar-refractivity contribution in [1.29, 1.82) is 0 Å². The zero-order valence-corrected chi connectivity index (χ0v) is 15.1. The molecule has 0 radical (unpaired) electrons. The van der Waals surface area contributed by atoms with Crippen molar-refractivity contribution in [2.45, 2.75) is 6.18 Å². The van der Waals surface area contributed by atoms with Crippen LogP contribution in [0.15, 0.2) is 66.9 Å². The maximum absolute atomic E-state index is 13.0. The van der Waals surface area contributed by atoms with E-state index in [1.54, 1.807) is 24.3 Å². The lowest BCUT2D eigenvalue weighted by Crippen LogP contribution is -2.32. The molecule has 8 heteroatoms. The molecule has 0 unspecified atom stereocenters. The van der Waals surface area contributed by atoms with Gasteiger partial charge in [0.2, 0.25) is 0 Å². The summed E-state index contributed by atoms with van der Waals surface area (Å²) in [6, 6.07) is 10.6. The Kier molecular flexibility index (Phi) is 5.29. The summed E-state index contributed by atoms with van der Waals surface area (Å²) in [7, 11) is 0. The molecule has 0 bridgehead atoms. The zero-order chi connectivity index (χ0) is 20.5. The second-order valence-electron chi connectivity index (χ2n) is 5.97. The molecule has 2 amide bonds. The molecule has 2 aromatic carbocycles. The number of nitrogens with zero attached hydrogens (tertiary/aromatic N) is 1. The van der Waals surface area contributed by atoms with Crippen LogP contribution in [0.4, 0.5) is 18.9 Å². The Labute approximate surface area is 163 Å². The van der Waals surface area contributed by atoms with E-state index in [4.69, 9.17) is 11.6 Å². The summed E-state index contributed by atoms with van der Waals surface area (Å²) >= 11 is 5.87. The van der Waals surface area contributed by atoms with Gasteiger partial charge in [-0.25, -0.2) is 0 Å². The van der Waals surface area contributed by atoms with E-state index in [0.717, 1.165) is 17.0 Å². The number of amides is 2. The van der Waals surface area contributed by atoms with Gasteiger partial charge >= 0.3 is 6.18 Å². The second kappa shape index (κ2) is 7.52. The summed E-state index contributed by atoms with van der Waals surface area (Å²) < 4.78 is 38.9. The van der Waals surface area contributed by atoms with Gasteiger partial charge < -0.3 is 5.32 Å². The lowest BCUT2D eigenvalue weighted by Gasteiger charge is -2.13. The number of hydrogen-bond acceptors (Lipinski definition) is 3. The number of alkyl halides is 3. The van der Waals surface area contributed by atoms with Gasteiger partial charge in [-0.2, -0.15) is 13.2 Å². The molecular formula is C20H14ClF3N2O2. The van der Waals surface area contributed by atoms with Crippen molar-refractivity contribution in [3.8, 4) is 0 Å². The summed E-state index contributed by atoms with van der Waals surface area (Å²) in [6.07, 6.45) is -3.14. The smallest absolute Gasteiger partial charge is 0.350 e. The molecule has 0 aromatic heterocycles. The molecule has 3 rings (SSSR count). The van der Waals surface area contributed by atoms with Crippen molar-refractivity contribution < 1.29 is 22.8 Å². The molecule has 0 spiro atoms. The minimum Gasteiger partial charge on any atom is -0.350 e. The average Bonchev–Trinajstić information content (AvgIpc) is 2.87. The highest BCUT2D eigenvalue weighted by Gasteiger charge is 2.39. The van der Waals surface area contributed by atoms with E-state index in [1.807, 2.05) is 0 Å². The molecule has 0 saturated heterocycles. The van der Waals surface area contributed by atoms with E-state index in [1.165, 1.54) is 18.2 Å². The number of nitrogens with one attached hydrogen (secondary N) is 1. The normalized spacial score (nSPS) is 14.6. The quantitative estimate of drug-likeness (QED) is 0.576. The van der Waals surface area contributed by atoms with Crippen LogP contribution in [0.2, 0.25) is 5.02 Å².